The van der Waals surface area contributed by atoms with E-state index in [0.717, 1.165) is 0 Å². The van der Waals surface area contributed by atoms with Gasteiger partial charge in [0.2, 0.25) is 5.91 Å². The van der Waals surface area contributed by atoms with Gasteiger partial charge in [0.05, 0.1) is 0 Å². The van der Waals surface area contributed by atoms with Crippen molar-refractivity contribution < 1.29 is 14.7 Å². The van der Waals surface area contributed by atoms with E-state index >= 15 is 0 Å². The van der Waals surface area contributed by atoms with Gasteiger partial charge in [0.25, 0.3) is 0 Å². The summed E-state index contributed by atoms with van der Waals surface area (Å²) in [7, 11) is 0. The first-order valence-electron chi connectivity index (χ1n) is 2.29. The second-order valence-electron chi connectivity index (χ2n) is 1.52. The molecular weight excluding hydrogens is 124 g/mol. The van der Waals surface area contributed by atoms with E-state index in [0.29, 0.717) is 0 Å². The molecule has 0 aliphatic carbocycles. The van der Waals surface area contributed by atoms with E-state index in [1.54, 1.807) is 0 Å². The number of nitrogens with two attached hydrogens (primary N) is 1. The Morgan fingerprint density at radius 1 is 1.67 bits per heavy atom. The largest absolute Gasteiger partial charge is 0.479 e. The molecule has 0 saturated carbocycles. The van der Waals surface area contributed by atoms with Crippen LogP contribution in [0.5, 0.6) is 0 Å². The van der Waals surface area contributed by atoms with Gasteiger partial charge >= 0.3 is 5.97 Å². The van der Waals surface area contributed by atoms with Gasteiger partial charge < -0.3 is 16.2 Å². The van der Waals surface area contributed by atoms with E-state index in [2.05, 4.69) is 0 Å². The highest BCUT2D eigenvalue weighted by atomic mass is 16.4. The van der Waals surface area contributed by atoms with Gasteiger partial charge in [-0.05, 0) is 0 Å². The zero-order chi connectivity index (χ0) is 7.44. The Bertz CT molecular complexity index is 134. The molecule has 0 unspecified atom stereocenters. The lowest BCUT2D eigenvalue weighted by molar-refractivity contribution is -0.141. The van der Waals surface area contributed by atoms with E-state index < -0.39 is 18.0 Å². The molecule has 1 atom stereocenters. The second kappa shape index (κ2) is 3.03. The van der Waals surface area contributed by atoms with Crippen molar-refractivity contribution in [1.82, 2.24) is 5.32 Å². The Balaban J connectivity index is 3.63. The fourth-order valence-electron chi connectivity index (χ4n) is 0.281. The number of carboxylic acid groups (broad SMARTS) is 1. The minimum Gasteiger partial charge on any atom is -0.479 e. The van der Waals surface area contributed by atoms with Gasteiger partial charge in [-0.3, -0.25) is 4.79 Å². The molecule has 0 aliphatic rings. The molecule has 0 aromatic rings. The van der Waals surface area contributed by atoms with E-state index in [1.807, 2.05) is 5.32 Å². The van der Waals surface area contributed by atoms with Crippen LogP contribution in [0.15, 0.2) is 0 Å². The van der Waals surface area contributed by atoms with Crippen LogP contribution in [0.3, 0.4) is 0 Å². The van der Waals surface area contributed by atoms with E-state index in [1.165, 1.54) is 6.92 Å². The van der Waals surface area contributed by atoms with Crippen LogP contribution in [0.4, 0.5) is 0 Å². The molecule has 9 heavy (non-hydrogen) atoms. The summed E-state index contributed by atoms with van der Waals surface area (Å²) in [5.41, 5.74) is 4.89. The summed E-state index contributed by atoms with van der Waals surface area (Å²) in [4.78, 5) is 20.0. The summed E-state index contributed by atoms with van der Waals surface area (Å²) in [6.45, 7) is 1.20. The molecule has 5 heteroatoms. The molecule has 4 N–H and O–H groups in total. The number of amides is 1. The quantitative estimate of drug-likeness (QED) is 0.398. The molecule has 0 bridgehead atoms. The van der Waals surface area contributed by atoms with Gasteiger partial charge in [-0.1, -0.05) is 0 Å². The topological polar surface area (TPSA) is 92.4 Å². The number of carbonyl (C=O) groups is 2. The lowest BCUT2D eigenvalue weighted by Gasteiger charge is -2.04. The van der Waals surface area contributed by atoms with E-state index in [4.69, 9.17) is 10.8 Å². The van der Waals surface area contributed by atoms with Crippen LogP contribution in [0.25, 0.3) is 0 Å². The summed E-state index contributed by atoms with van der Waals surface area (Å²) in [5.74, 6) is -1.70. The highest BCUT2D eigenvalue weighted by Crippen LogP contribution is 1.70. The van der Waals surface area contributed by atoms with Gasteiger partial charge in [0, 0.05) is 6.92 Å². The Morgan fingerprint density at radius 2 is 2.11 bits per heavy atom. The standard InChI is InChI=1S/C4H8N2O3/c1-2(7)6-3(5)4(8)9/h3H,5H2,1H3,(H,6,7)(H,8,9)/t3-/m0/s1. The van der Waals surface area contributed by atoms with E-state index in [9.17, 15) is 9.59 Å². The molecule has 0 saturated heterocycles. The predicted molar refractivity (Wildman–Crippen MR) is 29.4 cm³/mol. The number of hydrogen-bond donors (Lipinski definition) is 3. The van der Waals surface area contributed by atoms with Gasteiger partial charge in [-0.2, -0.15) is 0 Å². The number of hydrogen-bond acceptors (Lipinski definition) is 3. The minimum atomic E-state index is -1.29. The van der Waals surface area contributed by atoms with Crippen molar-refractivity contribution in [1.29, 1.82) is 0 Å². The van der Waals surface area contributed by atoms with Gasteiger partial charge in [0.1, 0.15) is 0 Å². The van der Waals surface area contributed by atoms with Gasteiger partial charge in [0.15, 0.2) is 6.17 Å². The maximum atomic E-state index is 10.1. The Labute approximate surface area is 51.8 Å². The maximum absolute atomic E-state index is 10.1. The Hall–Kier alpha value is -1.10. The smallest absolute Gasteiger partial charge is 0.341 e. The van der Waals surface area contributed by atoms with Crippen LogP contribution in [0.2, 0.25) is 0 Å². The molecule has 0 aliphatic heterocycles. The first-order valence-corrected chi connectivity index (χ1v) is 2.29. The monoisotopic (exact) mass is 132 g/mol. The molecule has 1 amide bonds. The average Bonchev–Trinajstić information content (AvgIpc) is 1.63. The molecule has 0 heterocycles. The van der Waals surface area contributed by atoms with Crippen molar-refractivity contribution in [3.05, 3.63) is 0 Å². The lowest BCUT2D eigenvalue weighted by atomic mass is 10.5. The van der Waals surface area contributed by atoms with Crippen LogP contribution >= 0.6 is 0 Å². The molecular formula is C4H8N2O3. The van der Waals surface area contributed by atoms with Crippen molar-refractivity contribution in [2.45, 2.75) is 13.1 Å². The average molecular weight is 132 g/mol. The fraction of sp³-hybridized carbons (Fsp3) is 0.500. The minimum absolute atomic E-state index is 0.454. The number of rotatable bonds is 2. The zero-order valence-corrected chi connectivity index (χ0v) is 4.92. The molecule has 0 radical (unpaired) electrons. The van der Waals surface area contributed by atoms with Crippen LogP contribution < -0.4 is 11.1 Å². The van der Waals surface area contributed by atoms with E-state index in [-0.39, 0.29) is 0 Å². The number of nitrogens with one attached hydrogen (secondary N) is 1. The fourth-order valence-corrected chi connectivity index (χ4v) is 0.281. The van der Waals surface area contributed by atoms with Crippen LogP contribution in [0, 0.1) is 0 Å². The third-order valence-corrected chi connectivity index (χ3v) is 0.625. The molecule has 0 spiro atoms. The molecule has 5 nitrogen and oxygen atoms in total. The predicted octanol–water partition coefficient (Wildman–Crippen LogP) is -1.51. The summed E-state index contributed by atoms with van der Waals surface area (Å²) < 4.78 is 0. The van der Waals surface area contributed by atoms with Crippen molar-refractivity contribution in [3.8, 4) is 0 Å². The molecule has 0 aromatic carbocycles. The normalized spacial score (nSPS) is 12.2. The SMILES string of the molecule is CC(=O)N[C@H](N)C(=O)O. The molecule has 0 rings (SSSR count). The van der Waals surface area contributed by atoms with Crippen molar-refractivity contribution >= 4 is 11.9 Å². The van der Waals surface area contributed by atoms with Crippen molar-refractivity contribution in [2.75, 3.05) is 0 Å². The number of carboxylic acids is 1. The van der Waals surface area contributed by atoms with Crippen LogP contribution in [-0.4, -0.2) is 23.1 Å². The molecule has 0 fully saturated rings. The third kappa shape index (κ3) is 3.48. The third-order valence-electron chi connectivity index (χ3n) is 0.625. The highest BCUT2D eigenvalue weighted by molar-refractivity contribution is 5.81. The number of aliphatic carboxylic acids is 1. The summed E-state index contributed by atoms with van der Waals surface area (Å²) >= 11 is 0. The zero-order valence-electron chi connectivity index (χ0n) is 4.92. The first kappa shape index (κ1) is 7.90. The van der Waals surface area contributed by atoms with Gasteiger partial charge in [-0.25, -0.2) is 4.79 Å². The Kier molecular flexibility index (Phi) is 2.66. The maximum Gasteiger partial charge on any atom is 0.341 e. The molecule has 0 aromatic heterocycles. The van der Waals surface area contributed by atoms with Crippen LogP contribution in [-0.2, 0) is 9.59 Å². The van der Waals surface area contributed by atoms with Crippen molar-refractivity contribution in [2.24, 2.45) is 5.73 Å². The van der Waals surface area contributed by atoms with Gasteiger partial charge in [-0.15, -0.1) is 0 Å². The summed E-state index contributed by atoms with van der Waals surface area (Å²) in [6.07, 6.45) is -1.29. The van der Waals surface area contributed by atoms with Crippen LogP contribution in [0.1, 0.15) is 6.92 Å². The lowest BCUT2D eigenvalue weighted by Crippen LogP contribution is -2.46. The molecule has 52 valence electrons. The second-order valence-corrected chi connectivity index (χ2v) is 1.52. The Morgan fingerprint density at radius 3 is 2.22 bits per heavy atom. The summed E-state index contributed by atoms with van der Waals surface area (Å²) in [5, 5.41) is 10.1. The first-order chi connectivity index (χ1) is 4.04. The number of carbonyl (C=O) groups excluding carboxylic acids is 1. The summed E-state index contributed by atoms with van der Waals surface area (Å²) in [6, 6.07) is 0. The highest BCUT2D eigenvalue weighted by Gasteiger charge is 2.10. The van der Waals surface area contributed by atoms with Crippen molar-refractivity contribution in [3.63, 3.8) is 0 Å².